The van der Waals surface area contributed by atoms with E-state index < -0.39 is 5.60 Å². The fourth-order valence-electron chi connectivity index (χ4n) is 4.82. The van der Waals surface area contributed by atoms with Gasteiger partial charge in [0.25, 0.3) is 0 Å². The zero-order valence-corrected chi connectivity index (χ0v) is 20.6. The fraction of sp³-hybridized carbons (Fsp3) is 0.536. The third-order valence-corrected chi connectivity index (χ3v) is 6.93. The lowest BCUT2D eigenvalue weighted by molar-refractivity contribution is -0.127. The van der Waals surface area contributed by atoms with E-state index in [1.807, 2.05) is 36.1 Å². The highest BCUT2D eigenvalue weighted by Crippen LogP contribution is 2.27. The number of carbonyl (C=O) groups excluding carboxylic acids is 1. The third-order valence-electron chi connectivity index (χ3n) is 6.93. The molecular weight excluding hydrogens is 428 g/mol. The summed E-state index contributed by atoms with van der Waals surface area (Å²) in [6.45, 7) is 9.24. The van der Waals surface area contributed by atoms with E-state index in [4.69, 9.17) is 9.47 Å². The molecule has 2 aromatic rings. The minimum absolute atomic E-state index is 0.271. The Morgan fingerprint density at radius 3 is 2.59 bits per heavy atom. The lowest BCUT2D eigenvalue weighted by Gasteiger charge is -2.38. The smallest absolute Gasteiger partial charge is 0.222 e. The second kappa shape index (κ2) is 11.2. The molecule has 0 atom stereocenters. The van der Waals surface area contributed by atoms with Gasteiger partial charge >= 0.3 is 0 Å². The normalized spacial score (nSPS) is 18.3. The van der Waals surface area contributed by atoms with Crippen molar-refractivity contribution >= 4 is 5.91 Å². The van der Waals surface area contributed by atoms with Crippen molar-refractivity contribution in [2.45, 2.75) is 58.1 Å². The number of benzene rings is 2. The molecular formula is C28H38N2O4. The van der Waals surface area contributed by atoms with Gasteiger partial charge in [-0.15, -0.1) is 0 Å². The molecule has 2 heterocycles. The number of amides is 1. The van der Waals surface area contributed by atoms with Gasteiger partial charge in [-0.1, -0.05) is 29.8 Å². The van der Waals surface area contributed by atoms with Crippen LogP contribution in [0.3, 0.4) is 0 Å². The highest BCUT2D eigenvalue weighted by atomic mass is 16.5. The molecule has 0 saturated carbocycles. The Kier molecular flexibility index (Phi) is 8.11. The largest absolute Gasteiger partial charge is 0.494 e. The predicted octanol–water partition coefficient (Wildman–Crippen LogP) is 4.10. The van der Waals surface area contributed by atoms with E-state index in [1.54, 1.807) is 0 Å². The van der Waals surface area contributed by atoms with Gasteiger partial charge in [-0.2, -0.15) is 0 Å². The molecule has 1 N–H and O–H groups in total. The van der Waals surface area contributed by atoms with Crippen molar-refractivity contribution in [2.24, 2.45) is 0 Å². The number of nitrogens with zero attached hydrogens (tertiary/aromatic N) is 2. The summed E-state index contributed by atoms with van der Waals surface area (Å²) >= 11 is 0. The van der Waals surface area contributed by atoms with Crippen LogP contribution in [0.25, 0.3) is 0 Å². The summed E-state index contributed by atoms with van der Waals surface area (Å²) in [5, 5.41) is 11.0. The number of aliphatic hydroxyl groups is 1. The lowest BCUT2D eigenvalue weighted by Crippen LogP contribution is -2.47. The molecule has 2 fully saturated rings. The van der Waals surface area contributed by atoms with E-state index in [1.165, 1.54) is 11.1 Å². The first-order chi connectivity index (χ1) is 16.4. The van der Waals surface area contributed by atoms with Crippen molar-refractivity contribution in [3.05, 3.63) is 59.2 Å². The fourth-order valence-corrected chi connectivity index (χ4v) is 4.82. The molecule has 0 spiro atoms. The summed E-state index contributed by atoms with van der Waals surface area (Å²) in [5.74, 6) is 2.00. The number of ether oxygens (including phenoxy) is 2. The first-order valence-corrected chi connectivity index (χ1v) is 12.5. The summed E-state index contributed by atoms with van der Waals surface area (Å²) in [5.41, 5.74) is 2.75. The second-order valence-electron chi connectivity index (χ2n) is 9.89. The number of hydrogen-bond donors (Lipinski definition) is 1. The Hall–Kier alpha value is -2.57. The Morgan fingerprint density at radius 2 is 1.85 bits per heavy atom. The molecule has 0 bridgehead atoms. The minimum Gasteiger partial charge on any atom is -0.494 e. The van der Waals surface area contributed by atoms with Crippen LogP contribution in [0.2, 0.25) is 0 Å². The second-order valence-corrected chi connectivity index (χ2v) is 9.89. The first kappa shape index (κ1) is 24.6. The molecule has 0 aromatic heterocycles. The molecule has 2 saturated heterocycles. The van der Waals surface area contributed by atoms with Crippen LogP contribution in [0.4, 0.5) is 0 Å². The monoisotopic (exact) mass is 466 g/mol. The molecule has 184 valence electrons. The number of hydrogen-bond acceptors (Lipinski definition) is 5. The predicted molar refractivity (Wildman–Crippen MR) is 133 cm³/mol. The Morgan fingerprint density at radius 1 is 1.03 bits per heavy atom. The van der Waals surface area contributed by atoms with Gasteiger partial charge in [0.15, 0.2) is 0 Å². The van der Waals surface area contributed by atoms with E-state index in [9.17, 15) is 9.90 Å². The van der Waals surface area contributed by atoms with Crippen molar-refractivity contribution in [1.29, 1.82) is 0 Å². The standard InChI is InChI=1S/C28H38N2O4/c1-22-9-10-26(23(2)18-22)34-21-28(32)11-15-29(16-12-28)20-24-6-3-7-25(19-24)33-17-5-14-30-13-4-8-27(30)31/h3,6-7,9-10,18-19,32H,4-5,8,11-17,20-21H2,1-2H3. The molecule has 1 amide bonds. The van der Waals surface area contributed by atoms with Gasteiger partial charge in [0, 0.05) is 39.1 Å². The van der Waals surface area contributed by atoms with E-state index in [2.05, 4.69) is 30.0 Å². The van der Waals surface area contributed by atoms with Crippen molar-refractivity contribution in [3.8, 4) is 11.5 Å². The van der Waals surface area contributed by atoms with Crippen LogP contribution in [-0.2, 0) is 11.3 Å². The first-order valence-electron chi connectivity index (χ1n) is 12.5. The maximum Gasteiger partial charge on any atom is 0.222 e. The Balaban J connectivity index is 1.19. The van der Waals surface area contributed by atoms with Gasteiger partial charge in [-0.05, 0) is 68.9 Å². The van der Waals surface area contributed by atoms with E-state index in [0.717, 1.165) is 62.6 Å². The molecule has 0 aliphatic carbocycles. The van der Waals surface area contributed by atoms with Gasteiger partial charge in [0.05, 0.1) is 6.61 Å². The summed E-state index contributed by atoms with van der Waals surface area (Å²) in [4.78, 5) is 16.0. The lowest BCUT2D eigenvalue weighted by atomic mass is 9.92. The van der Waals surface area contributed by atoms with Crippen LogP contribution in [0.5, 0.6) is 11.5 Å². The maximum absolute atomic E-state index is 11.7. The number of rotatable bonds is 10. The molecule has 0 radical (unpaired) electrons. The zero-order valence-electron chi connectivity index (χ0n) is 20.6. The molecule has 2 aromatic carbocycles. The number of piperidine rings is 1. The van der Waals surface area contributed by atoms with Crippen molar-refractivity contribution < 1.29 is 19.4 Å². The third kappa shape index (κ3) is 6.73. The van der Waals surface area contributed by atoms with Crippen molar-refractivity contribution in [3.63, 3.8) is 0 Å². The molecule has 2 aliphatic heterocycles. The summed E-state index contributed by atoms with van der Waals surface area (Å²) in [7, 11) is 0. The average molecular weight is 467 g/mol. The molecule has 6 heteroatoms. The van der Waals surface area contributed by atoms with Gasteiger partial charge in [0.2, 0.25) is 5.91 Å². The average Bonchev–Trinajstić information content (AvgIpc) is 3.23. The van der Waals surface area contributed by atoms with Crippen LogP contribution in [0.15, 0.2) is 42.5 Å². The zero-order chi connectivity index (χ0) is 24.0. The van der Waals surface area contributed by atoms with Gasteiger partial charge in [-0.3, -0.25) is 9.69 Å². The molecule has 34 heavy (non-hydrogen) atoms. The summed E-state index contributed by atoms with van der Waals surface area (Å²) in [6.07, 6.45) is 3.92. The SMILES string of the molecule is Cc1ccc(OCC2(O)CCN(Cc3cccc(OCCCN4CCCC4=O)c3)CC2)c(C)c1. The summed E-state index contributed by atoms with van der Waals surface area (Å²) < 4.78 is 11.9. The highest BCUT2D eigenvalue weighted by Gasteiger charge is 2.33. The topological polar surface area (TPSA) is 62.2 Å². The van der Waals surface area contributed by atoms with E-state index in [-0.39, 0.29) is 5.91 Å². The maximum atomic E-state index is 11.7. The molecule has 4 rings (SSSR count). The van der Waals surface area contributed by atoms with Crippen molar-refractivity contribution in [1.82, 2.24) is 9.80 Å². The van der Waals surface area contributed by atoms with E-state index in [0.29, 0.717) is 32.5 Å². The summed E-state index contributed by atoms with van der Waals surface area (Å²) in [6, 6.07) is 14.4. The van der Waals surface area contributed by atoms with Crippen LogP contribution in [-0.4, -0.2) is 65.8 Å². The van der Waals surface area contributed by atoms with Gasteiger partial charge < -0.3 is 19.5 Å². The Labute approximate surface area is 203 Å². The Bertz CT molecular complexity index is 969. The van der Waals surface area contributed by atoms with E-state index >= 15 is 0 Å². The minimum atomic E-state index is -0.782. The van der Waals surface area contributed by atoms with Crippen LogP contribution >= 0.6 is 0 Å². The van der Waals surface area contributed by atoms with Crippen LogP contribution in [0, 0.1) is 13.8 Å². The van der Waals surface area contributed by atoms with Crippen molar-refractivity contribution in [2.75, 3.05) is 39.4 Å². The highest BCUT2D eigenvalue weighted by molar-refractivity contribution is 5.77. The van der Waals surface area contributed by atoms with Crippen LogP contribution < -0.4 is 9.47 Å². The quantitative estimate of drug-likeness (QED) is 0.534. The van der Waals surface area contributed by atoms with Gasteiger partial charge in [-0.25, -0.2) is 0 Å². The molecule has 6 nitrogen and oxygen atoms in total. The number of aryl methyl sites for hydroxylation is 2. The number of carbonyl (C=O) groups is 1. The number of likely N-dealkylation sites (tertiary alicyclic amines) is 2. The molecule has 2 aliphatic rings. The molecule has 0 unspecified atom stereocenters. The van der Waals surface area contributed by atoms with Crippen LogP contribution in [0.1, 0.15) is 48.8 Å². The van der Waals surface area contributed by atoms with Gasteiger partial charge in [0.1, 0.15) is 23.7 Å².